The van der Waals surface area contributed by atoms with Gasteiger partial charge in [0, 0.05) is 9.35 Å². The molecule has 0 aliphatic rings. The van der Waals surface area contributed by atoms with Crippen molar-refractivity contribution < 1.29 is 4.74 Å². The van der Waals surface area contributed by atoms with Crippen LogP contribution in [0.3, 0.4) is 0 Å². The summed E-state index contributed by atoms with van der Waals surface area (Å²) in [5, 5.41) is 0.893. The quantitative estimate of drug-likeness (QED) is 0.713. The van der Waals surface area contributed by atoms with Gasteiger partial charge >= 0.3 is 0 Å². The van der Waals surface area contributed by atoms with Crippen LogP contribution in [0.5, 0.6) is 11.6 Å². The topological polar surface area (TPSA) is 61.0 Å². The second-order valence-corrected chi connectivity index (χ2v) is 6.96. The molecule has 0 unspecified atom stereocenters. The summed E-state index contributed by atoms with van der Waals surface area (Å²) in [6.07, 6.45) is 0. The third kappa shape index (κ3) is 2.73. The number of nitrogens with two attached hydrogens (primary N) is 1. The van der Waals surface area contributed by atoms with Crippen molar-refractivity contribution in [2.45, 2.75) is 20.8 Å². The maximum atomic E-state index is 5.96. The SMILES string of the molecule is Cc1cc2c(Oc3cc(C)c(Br)c(C)c3)nc(N)nc2s1. The van der Waals surface area contributed by atoms with E-state index in [0.29, 0.717) is 5.88 Å². The molecule has 2 aromatic heterocycles. The number of fused-ring (bicyclic) bond motifs is 1. The first-order chi connectivity index (χ1) is 9.94. The molecule has 3 rings (SSSR count). The summed E-state index contributed by atoms with van der Waals surface area (Å²) in [6.45, 7) is 6.09. The maximum absolute atomic E-state index is 5.96. The van der Waals surface area contributed by atoms with Crippen LogP contribution in [0.25, 0.3) is 10.2 Å². The van der Waals surface area contributed by atoms with Gasteiger partial charge in [0.2, 0.25) is 11.8 Å². The molecule has 21 heavy (non-hydrogen) atoms. The number of anilines is 1. The van der Waals surface area contributed by atoms with Gasteiger partial charge in [0.15, 0.2) is 0 Å². The second kappa shape index (κ2) is 5.27. The summed E-state index contributed by atoms with van der Waals surface area (Å²) in [7, 11) is 0. The van der Waals surface area contributed by atoms with Gasteiger partial charge in [0.1, 0.15) is 10.6 Å². The van der Waals surface area contributed by atoms with E-state index in [-0.39, 0.29) is 5.95 Å². The summed E-state index contributed by atoms with van der Waals surface area (Å²) in [6, 6.07) is 5.97. The molecule has 108 valence electrons. The maximum Gasteiger partial charge on any atom is 0.232 e. The lowest BCUT2D eigenvalue weighted by Gasteiger charge is -2.10. The van der Waals surface area contributed by atoms with Crippen LogP contribution in [0.4, 0.5) is 5.95 Å². The van der Waals surface area contributed by atoms with Gasteiger partial charge < -0.3 is 10.5 Å². The van der Waals surface area contributed by atoms with Crippen LogP contribution < -0.4 is 10.5 Å². The Morgan fingerprint density at radius 2 is 1.76 bits per heavy atom. The smallest absolute Gasteiger partial charge is 0.232 e. The molecule has 0 saturated carbocycles. The number of halogens is 1. The van der Waals surface area contributed by atoms with Crippen LogP contribution >= 0.6 is 27.3 Å². The molecule has 1 aromatic carbocycles. The van der Waals surface area contributed by atoms with Gasteiger partial charge in [-0.05, 0) is 50.1 Å². The van der Waals surface area contributed by atoms with Crippen molar-refractivity contribution in [3.63, 3.8) is 0 Å². The summed E-state index contributed by atoms with van der Waals surface area (Å²) in [4.78, 5) is 10.5. The predicted octanol–water partition coefficient (Wildman–Crippen LogP) is 4.75. The van der Waals surface area contributed by atoms with E-state index < -0.39 is 0 Å². The molecule has 0 aliphatic heterocycles. The minimum atomic E-state index is 0.227. The van der Waals surface area contributed by atoms with E-state index in [0.717, 1.165) is 36.4 Å². The number of hydrogen-bond acceptors (Lipinski definition) is 5. The summed E-state index contributed by atoms with van der Waals surface area (Å²) < 4.78 is 7.05. The molecule has 0 atom stereocenters. The molecule has 0 bridgehead atoms. The van der Waals surface area contributed by atoms with Crippen LogP contribution in [-0.4, -0.2) is 9.97 Å². The molecule has 0 radical (unpaired) electrons. The van der Waals surface area contributed by atoms with Crippen molar-refractivity contribution in [1.82, 2.24) is 9.97 Å². The highest BCUT2D eigenvalue weighted by Gasteiger charge is 2.12. The average molecular weight is 364 g/mol. The number of aromatic nitrogens is 2. The number of thiophene rings is 1. The zero-order valence-electron chi connectivity index (χ0n) is 11.9. The van der Waals surface area contributed by atoms with Gasteiger partial charge in [0.05, 0.1) is 5.39 Å². The Morgan fingerprint density at radius 3 is 2.43 bits per heavy atom. The number of rotatable bonds is 2. The first-order valence-electron chi connectivity index (χ1n) is 6.42. The zero-order valence-corrected chi connectivity index (χ0v) is 14.3. The van der Waals surface area contributed by atoms with Crippen LogP contribution in [0.2, 0.25) is 0 Å². The van der Waals surface area contributed by atoms with Crippen molar-refractivity contribution in [2.75, 3.05) is 5.73 Å². The van der Waals surface area contributed by atoms with Crippen molar-refractivity contribution in [3.8, 4) is 11.6 Å². The van der Waals surface area contributed by atoms with Crippen molar-refractivity contribution in [2.24, 2.45) is 0 Å². The molecule has 0 spiro atoms. The summed E-state index contributed by atoms with van der Waals surface area (Å²) >= 11 is 5.14. The van der Waals surface area contributed by atoms with Gasteiger partial charge in [-0.15, -0.1) is 11.3 Å². The van der Waals surface area contributed by atoms with Crippen molar-refractivity contribution in [3.05, 3.63) is 38.7 Å². The molecule has 3 aromatic rings. The van der Waals surface area contributed by atoms with Crippen LogP contribution in [0.15, 0.2) is 22.7 Å². The third-order valence-electron chi connectivity index (χ3n) is 3.12. The van der Waals surface area contributed by atoms with E-state index >= 15 is 0 Å². The summed E-state index contributed by atoms with van der Waals surface area (Å²) in [5.74, 6) is 1.48. The number of ether oxygens (including phenoxy) is 1. The van der Waals surface area contributed by atoms with Crippen molar-refractivity contribution in [1.29, 1.82) is 0 Å². The molecule has 0 aliphatic carbocycles. The Labute approximate surface area is 135 Å². The Hall–Kier alpha value is -1.66. The highest BCUT2D eigenvalue weighted by Crippen LogP contribution is 2.34. The minimum absolute atomic E-state index is 0.227. The lowest BCUT2D eigenvalue weighted by Crippen LogP contribution is -1.97. The fourth-order valence-corrected chi connectivity index (χ4v) is 3.29. The monoisotopic (exact) mass is 363 g/mol. The molecule has 0 fully saturated rings. The zero-order chi connectivity index (χ0) is 15.1. The largest absolute Gasteiger partial charge is 0.438 e. The minimum Gasteiger partial charge on any atom is -0.438 e. The number of nitrogen functional groups attached to an aromatic ring is 1. The Balaban J connectivity index is 2.09. The lowest BCUT2D eigenvalue weighted by atomic mass is 10.1. The second-order valence-electron chi connectivity index (χ2n) is 4.94. The lowest BCUT2D eigenvalue weighted by molar-refractivity contribution is 0.468. The van der Waals surface area contributed by atoms with E-state index in [1.807, 2.05) is 39.0 Å². The van der Waals surface area contributed by atoms with Gasteiger partial charge in [0.25, 0.3) is 0 Å². The van der Waals surface area contributed by atoms with E-state index in [9.17, 15) is 0 Å². The number of benzene rings is 1. The average Bonchev–Trinajstić information content (AvgIpc) is 2.76. The first kappa shape index (κ1) is 14.3. The fourth-order valence-electron chi connectivity index (χ4n) is 2.19. The molecular weight excluding hydrogens is 350 g/mol. The van der Waals surface area contributed by atoms with E-state index in [1.54, 1.807) is 11.3 Å². The Kier molecular flexibility index (Phi) is 3.59. The van der Waals surface area contributed by atoms with Crippen molar-refractivity contribution >= 4 is 43.4 Å². The third-order valence-corrected chi connectivity index (χ3v) is 5.32. The van der Waals surface area contributed by atoms with Gasteiger partial charge in [-0.1, -0.05) is 15.9 Å². The Bertz CT molecular complexity index is 821. The molecule has 4 nitrogen and oxygen atoms in total. The normalized spacial score (nSPS) is 11.0. The number of aryl methyl sites for hydroxylation is 3. The molecule has 6 heteroatoms. The van der Waals surface area contributed by atoms with Gasteiger partial charge in [-0.25, -0.2) is 4.98 Å². The van der Waals surface area contributed by atoms with Gasteiger partial charge in [-0.2, -0.15) is 4.98 Å². The first-order valence-corrected chi connectivity index (χ1v) is 8.03. The molecule has 0 saturated heterocycles. The fraction of sp³-hybridized carbons (Fsp3) is 0.200. The predicted molar refractivity (Wildman–Crippen MR) is 90.3 cm³/mol. The van der Waals surface area contributed by atoms with Crippen LogP contribution in [0, 0.1) is 20.8 Å². The number of hydrogen-bond donors (Lipinski definition) is 1. The van der Waals surface area contributed by atoms with Gasteiger partial charge in [-0.3, -0.25) is 0 Å². The van der Waals surface area contributed by atoms with E-state index in [1.165, 1.54) is 0 Å². The van der Waals surface area contributed by atoms with Crippen LogP contribution in [-0.2, 0) is 0 Å². The van der Waals surface area contributed by atoms with E-state index in [2.05, 4.69) is 25.9 Å². The molecule has 2 heterocycles. The summed E-state index contributed by atoms with van der Waals surface area (Å²) in [5.41, 5.74) is 8.00. The highest BCUT2D eigenvalue weighted by atomic mass is 79.9. The highest BCUT2D eigenvalue weighted by molar-refractivity contribution is 9.10. The number of nitrogens with zero attached hydrogens (tertiary/aromatic N) is 2. The van der Waals surface area contributed by atoms with Crippen LogP contribution in [0.1, 0.15) is 16.0 Å². The molecule has 2 N–H and O–H groups in total. The standard InChI is InChI=1S/C15H14BrN3OS/c1-7-4-10(5-8(2)12(7)16)20-13-11-6-9(3)21-14(11)19-15(17)18-13/h4-6H,1-3H3,(H2,17,18,19). The van der Waals surface area contributed by atoms with E-state index in [4.69, 9.17) is 10.5 Å². The molecule has 0 amide bonds. The molecular formula is C15H14BrN3OS. The Morgan fingerprint density at radius 1 is 1.10 bits per heavy atom.